The molecule has 2 N–H and O–H groups in total. The van der Waals surface area contributed by atoms with Crippen LogP contribution in [-0.2, 0) is 0 Å². The lowest BCUT2D eigenvalue weighted by molar-refractivity contribution is 0.0736. The Morgan fingerprint density at radius 1 is 1.52 bits per heavy atom. The number of halogens is 2. The highest BCUT2D eigenvalue weighted by Crippen LogP contribution is 2.33. The fourth-order valence-electron chi connectivity index (χ4n) is 2.41. The topological polar surface area (TPSA) is 59.2 Å². The molecule has 0 spiro atoms. The van der Waals surface area contributed by atoms with Crippen molar-refractivity contribution in [1.82, 2.24) is 9.88 Å². The van der Waals surface area contributed by atoms with Gasteiger partial charge in [0, 0.05) is 24.5 Å². The quantitative estimate of drug-likeness (QED) is 0.844. The predicted octanol–water partition coefficient (Wildman–Crippen LogP) is 3.62. The van der Waals surface area contributed by atoms with E-state index in [2.05, 4.69) is 20.9 Å². The molecule has 2 aromatic heterocycles. The van der Waals surface area contributed by atoms with Crippen LogP contribution in [-0.4, -0.2) is 34.9 Å². The van der Waals surface area contributed by atoms with Crippen molar-refractivity contribution < 1.29 is 4.79 Å². The maximum absolute atomic E-state index is 12.5. The zero-order chi connectivity index (χ0) is 14.1. The predicted molar refractivity (Wildman–Crippen MR) is 93.5 cm³/mol. The smallest absolute Gasteiger partial charge is 0.273 e. The van der Waals surface area contributed by atoms with Crippen LogP contribution >= 0.6 is 51.0 Å². The number of likely N-dealkylation sites (tertiary alicyclic amines) is 1. The van der Waals surface area contributed by atoms with E-state index < -0.39 is 0 Å². The van der Waals surface area contributed by atoms with Crippen molar-refractivity contribution in [3.8, 4) is 9.88 Å². The summed E-state index contributed by atoms with van der Waals surface area (Å²) in [5.41, 5.74) is 6.26. The van der Waals surface area contributed by atoms with Crippen LogP contribution in [0.2, 0.25) is 0 Å². The Bertz CT molecular complexity index is 630. The molecule has 0 bridgehead atoms. The fourth-order valence-corrected chi connectivity index (χ4v) is 4.66. The van der Waals surface area contributed by atoms with Crippen molar-refractivity contribution in [3.63, 3.8) is 0 Å². The third-order valence-corrected chi connectivity index (χ3v) is 6.05. The minimum absolute atomic E-state index is 0. The second-order valence-corrected chi connectivity index (χ2v) is 7.99. The van der Waals surface area contributed by atoms with E-state index in [4.69, 9.17) is 5.73 Å². The number of carbonyl (C=O) groups is 1. The highest BCUT2D eigenvalue weighted by atomic mass is 79.9. The van der Waals surface area contributed by atoms with Gasteiger partial charge in [-0.15, -0.1) is 35.1 Å². The highest BCUT2D eigenvalue weighted by molar-refractivity contribution is 9.11. The molecule has 114 valence electrons. The second kappa shape index (κ2) is 7.19. The number of thiophene rings is 1. The fraction of sp³-hybridized carbons (Fsp3) is 0.385. The largest absolute Gasteiger partial charge is 0.333 e. The molecule has 2 aromatic rings. The van der Waals surface area contributed by atoms with Crippen LogP contribution in [0.15, 0.2) is 21.3 Å². The number of nitrogens with zero attached hydrogens (tertiary/aromatic N) is 2. The number of nitrogens with two attached hydrogens (primary N) is 1. The van der Waals surface area contributed by atoms with Gasteiger partial charge in [-0.05, 0) is 40.9 Å². The molecule has 1 saturated heterocycles. The molecular formula is C13H15BrClN3OS2. The van der Waals surface area contributed by atoms with Gasteiger partial charge in [0.2, 0.25) is 0 Å². The number of hydrogen-bond acceptors (Lipinski definition) is 5. The van der Waals surface area contributed by atoms with Crippen molar-refractivity contribution in [2.75, 3.05) is 13.1 Å². The van der Waals surface area contributed by atoms with Gasteiger partial charge in [0.15, 0.2) is 0 Å². The minimum atomic E-state index is 0. The summed E-state index contributed by atoms with van der Waals surface area (Å²) in [4.78, 5) is 19.9. The van der Waals surface area contributed by atoms with Gasteiger partial charge in [0.1, 0.15) is 10.7 Å². The summed E-state index contributed by atoms with van der Waals surface area (Å²) in [6, 6.07) is 4.18. The highest BCUT2D eigenvalue weighted by Gasteiger charge is 2.29. The Kier molecular flexibility index (Phi) is 5.79. The molecule has 1 fully saturated rings. The van der Waals surface area contributed by atoms with E-state index in [1.54, 1.807) is 11.3 Å². The Labute approximate surface area is 145 Å². The zero-order valence-electron chi connectivity index (χ0n) is 11.1. The molecule has 0 saturated carbocycles. The van der Waals surface area contributed by atoms with E-state index in [-0.39, 0.29) is 24.4 Å². The first kappa shape index (κ1) is 16.9. The number of carbonyl (C=O) groups excluding carboxylic acids is 1. The van der Waals surface area contributed by atoms with E-state index in [0.717, 1.165) is 33.1 Å². The van der Waals surface area contributed by atoms with Crippen molar-refractivity contribution in [2.24, 2.45) is 5.73 Å². The summed E-state index contributed by atoms with van der Waals surface area (Å²) < 4.78 is 1.07. The summed E-state index contributed by atoms with van der Waals surface area (Å²) in [5, 5.41) is 2.74. The molecule has 1 unspecified atom stereocenters. The molecule has 21 heavy (non-hydrogen) atoms. The number of aromatic nitrogens is 1. The molecule has 1 atom stereocenters. The van der Waals surface area contributed by atoms with Gasteiger partial charge in [0.25, 0.3) is 5.91 Å². The Morgan fingerprint density at radius 2 is 2.33 bits per heavy atom. The summed E-state index contributed by atoms with van der Waals surface area (Å²) >= 11 is 6.58. The molecular weight excluding hydrogens is 394 g/mol. The number of rotatable bonds is 3. The zero-order valence-corrected chi connectivity index (χ0v) is 15.2. The standard InChI is InChI=1S/C13H14BrN3OS2.ClH/c14-11-4-3-10(20-11)12-16-9(7-19-12)13(18)17-5-1-2-8(17)6-15;/h3-4,7-8H,1-2,5-6,15H2;1H. The summed E-state index contributed by atoms with van der Waals surface area (Å²) in [7, 11) is 0. The first-order chi connectivity index (χ1) is 9.69. The molecule has 0 aliphatic carbocycles. The van der Waals surface area contributed by atoms with Crippen LogP contribution in [0, 0.1) is 0 Å². The molecule has 3 rings (SSSR count). The van der Waals surface area contributed by atoms with E-state index in [0.29, 0.717) is 12.2 Å². The van der Waals surface area contributed by atoms with E-state index in [1.165, 1.54) is 11.3 Å². The molecule has 3 heterocycles. The molecule has 4 nitrogen and oxygen atoms in total. The van der Waals surface area contributed by atoms with Crippen molar-refractivity contribution in [1.29, 1.82) is 0 Å². The third-order valence-electron chi connectivity index (χ3n) is 3.42. The average molecular weight is 409 g/mol. The van der Waals surface area contributed by atoms with E-state index in [1.807, 2.05) is 22.4 Å². The van der Waals surface area contributed by atoms with Crippen LogP contribution < -0.4 is 5.73 Å². The van der Waals surface area contributed by atoms with Crippen LogP contribution in [0.4, 0.5) is 0 Å². The van der Waals surface area contributed by atoms with Gasteiger partial charge < -0.3 is 10.6 Å². The van der Waals surface area contributed by atoms with Crippen molar-refractivity contribution >= 4 is 56.9 Å². The van der Waals surface area contributed by atoms with E-state index in [9.17, 15) is 4.79 Å². The lowest BCUT2D eigenvalue weighted by Crippen LogP contribution is -2.40. The minimum Gasteiger partial charge on any atom is -0.333 e. The van der Waals surface area contributed by atoms with Gasteiger partial charge in [0.05, 0.1) is 8.66 Å². The van der Waals surface area contributed by atoms with Crippen LogP contribution in [0.5, 0.6) is 0 Å². The van der Waals surface area contributed by atoms with Gasteiger partial charge >= 0.3 is 0 Å². The summed E-state index contributed by atoms with van der Waals surface area (Å²) in [5.74, 6) is 0.0103. The molecule has 1 aliphatic rings. The molecule has 0 radical (unpaired) electrons. The molecule has 0 aromatic carbocycles. The average Bonchev–Trinajstić information content (AvgIpc) is 3.17. The Morgan fingerprint density at radius 3 is 3.00 bits per heavy atom. The van der Waals surface area contributed by atoms with Crippen molar-refractivity contribution in [3.05, 3.63) is 27.0 Å². The van der Waals surface area contributed by atoms with Crippen LogP contribution in [0.25, 0.3) is 9.88 Å². The van der Waals surface area contributed by atoms with Gasteiger partial charge in [-0.3, -0.25) is 4.79 Å². The summed E-state index contributed by atoms with van der Waals surface area (Å²) in [6.45, 7) is 1.32. The normalized spacial score (nSPS) is 17.8. The lowest BCUT2D eigenvalue weighted by atomic mass is 10.2. The first-order valence-corrected chi connectivity index (χ1v) is 8.90. The first-order valence-electron chi connectivity index (χ1n) is 6.41. The third kappa shape index (κ3) is 3.48. The lowest BCUT2D eigenvalue weighted by Gasteiger charge is -2.22. The van der Waals surface area contributed by atoms with Gasteiger partial charge in [-0.25, -0.2) is 4.98 Å². The maximum atomic E-state index is 12.5. The van der Waals surface area contributed by atoms with Crippen LogP contribution in [0.1, 0.15) is 23.3 Å². The Hall–Kier alpha value is -0.470. The summed E-state index contributed by atoms with van der Waals surface area (Å²) in [6.07, 6.45) is 2.03. The number of thiazole rings is 1. The second-order valence-electron chi connectivity index (χ2n) is 4.67. The van der Waals surface area contributed by atoms with Crippen LogP contribution in [0.3, 0.4) is 0 Å². The monoisotopic (exact) mass is 407 g/mol. The molecule has 1 aliphatic heterocycles. The number of amides is 1. The van der Waals surface area contributed by atoms with Crippen molar-refractivity contribution in [2.45, 2.75) is 18.9 Å². The SMILES string of the molecule is Cl.NCC1CCCN1C(=O)c1csc(-c2ccc(Br)s2)n1. The van der Waals surface area contributed by atoms with Gasteiger partial charge in [-0.2, -0.15) is 0 Å². The van der Waals surface area contributed by atoms with Gasteiger partial charge in [-0.1, -0.05) is 0 Å². The van der Waals surface area contributed by atoms with E-state index >= 15 is 0 Å². The molecule has 8 heteroatoms. The number of hydrogen-bond donors (Lipinski definition) is 1. The Balaban J connectivity index is 0.00000161. The molecule has 1 amide bonds. The maximum Gasteiger partial charge on any atom is 0.273 e.